The first-order chi connectivity index (χ1) is 16.1. The van der Waals surface area contributed by atoms with Crippen LogP contribution in [0.2, 0.25) is 0 Å². The van der Waals surface area contributed by atoms with Crippen LogP contribution >= 0.6 is 0 Å². The molecule has 1 saturated heterocycles. The number of nitrogens with zero attached hydrogens (tertiary/aromatic N) is 5. The Labute approximate surface area is 192 Å². The van der Waals surface area contributed by atoms with Crippen LogP contribution in [0.25, 0.3) is 22.3 Å². The molecule has 7 nitrogen and oxygen atoms in total. The smallest absolute Gasteiger partial charge is 0.223 e. The Hall–Kier alpha value is -3.92. The monoisotopic (exact) mass is 438 g/mol. The Morgan fingerprint density at radius 3 is 3.00 bits per heavy atom. The zero-order valence-corrected chi connectivity index (χ0v) is 18.6. The summed E-state index contributed by atoms with van der Waals surface area (Å²) in [5.41, 5.74) is 5.62. The summed E-state index contributed by atoms with van der Waals surface area (Å²) in [5, 5.41) is 15.9. The van der Waals surface area contributed by atoms with Gasteiger partial charge < -0.3 is 9.47 Å². The number of H-pyrrole nitrogens is 1. The van der Waals surface area contributed by atoms with Gasteiger partial charge in [0.25, 0.3) is 0 Å². The second-order valence-electron chi connectivity index (χ2n) is 8.86. The highest BCUT2D eigenvalue weighted by atomic mass is 16.2. The molecule has 0 spiro atoms. The quantitative estimate of drug-likeness (QED) is 0.489. The maximum absolute atomic E-state index is 12.9. The molecule has 4 heterocycles. The number of aromatic nitrogens is 4. The average molecular weight is 439 g/mol. The first kappa shape index (κ1) is 21.0. The molecule has 0 radical (unpaired) electrons. The van der Waals surface area contributed by atoms with E-state index in [9.17, 15) is 4.79 Å². The fourth-order valence-corrected chi connectivity index (χ4v) is 4.88. The minimum absolute atomic E-state index is 0.191. The van der Waals surface area contributed by atoms with E-state index in [4.69, 9.17) is 10.2 Å². The summed E-state index contributed by atoms with van der Waals surface area (Å²) in [6.45, 7) is 3.79. The van der Waals surface area contributed by atoms with Crippen LogP contribution in [0.4, 0.5) is 0 Å². The van der Waals surface area contributed by atoms with E-state index in [0.29, 0.717) is 24.3 Å². The Kier molecular flexibility index (Phi) is 5.66. The molecule has 2 atom stereocenters. The van der Waals surface area contributed by atoms with E-state index in [2.05, 4.69) is 46.1 Å². The van der Waals surface area contributed by atoms with Crippen LogP contribution in [0.3, 0.4) is 0 Å². The third kappa shape index (κ3) is 4.37. The van der Waals surface area contributed by atoms with Crippen molar-refractivity contribution in [3.63, 3.8) is 0 Å². The van der Waals surface area contributed by atoms with Crippen LogP contribution in [0, 0.1) is 17.2 Å². The van der Waals surface area contributed by atoms with E-state index in [1.807, 2.05) is 35.4 Å². The number of aromatic amines is 1. The standard InChI is InChI=1S/C26H26N6O/c1-18-11-21(17-32(18)26(33)8-5-19-3-2-4-20(12-19)13-27)16-31-10-9-24-25(31)7-6-23(30-24)22-14-28-29-15-22/h2-4,6-7,9-10,12,14-15,18,21H,5,8,11,16-17H2,1H3,(H,28,29)/t18-,21+/m1/s1. The molecule has 4 aromatic rings. The lowest BCUT2D eigenvalue weighted by molar-refractivity contribution is -0.131. The van der Waals surface area contributed by atoms with Crippen molar-refractivity contribution >= 4 is 16.9 Å². The van der Waals surface area contributed by atoms with Gasteiger partial charge in [0.2, 0.25) is 5.91 Å². The highest BCUT2D eigenvalue weighted by Crippen LogP contribution is 2.28. The van der Waals surface area contributed by atoms with Gasteiger partial charge in [0, 0.05) is 43.5 Å². The second kappa shape index (κ2) is 8.91. The van der Waals surface area contributed by atoms with Gasteiger partial charge in [0.15, 0.2) is 0 Å². The van der Waals surface area contributed by atoms with Crippen LogP contribution in [-0.4, -0.2) is 43.1 Å². The summed E-state index contributed by atoms with van der Waals surface area (Å²) in [4.78, 5) is 19.7. The Balaban J connectivity index is 1.22. The Morgan fingerprint density at radius 1 is 1.27 bits per heavy atom. The number of nitrogens with one attached hydrogen (secondary N) is 1. The number of pyridine rings is 1. The van der Waals surface area contributed by atoms with Crippen molar-refractivity contribution in [2.75, 3.05) is 6.54 Å². The van der Waals surface area contributed by atoms with E-state index in [-0.39, 0.29) is 11.9 Å². The third-order valence-electron chi connectivity index (χ3n) is 6.54. The van der Waals surface area contributed by atoms with Crippen molar-refractivity contribution in [3.8, 4) is 17.3 Å². The molecule has 0 unspecified atom stereocenters. The van der Waals surface area contributed by atoms with Gasteiger partial charge in [0.1, 0.15) is 0 Å². The molecule has 1 aliphatic rings. The number of likely N-dealkylation sites (tertiary alicyclic amines) is 1. The molecule has 5 rings (SSSR count). The maximum atomic E-state index is 12.9. The molecule has 1 aromatic carbocycles. The van der Waals surface area contributed by atoms with Crippen LogP contribution in [0.5, 0.6) is 0 Å². The van der Waals surface area contributed by atoms with Gasteiger partial charge in [-0.3, -0.25) is 9.89 Å². The molecule has 3 aromatic heterocycles. The summed E-state index contributed by atoms with van der Waals surface area (Å²) in [6, 6.07) is 16.1. The molecule has 166 valence electrons. The van der Waals surface area contributed by atoms with Crippen LogP contribution in [-0.2, 0) is 17.8 Å². The van der Waals surface area contributed by atoms with Crippen molar-refractivity contribution in [1.82, 2.24) is 24.6 Å². The maximum Gasteiger partial charge on any atom is 0.223 e. The van der Waals surface area contributed by atoms with E-state index in [1.165, 1.54) is 0 Å². The zero-order chi connectivity index (χ0) is 22.8. The summed E-state index contributed by atoms with van der Waals surface area (Å²) in [5.74, 6) is 0.603. The fourth-order valence-electron chi connectivity index (χ4n) is 4.88. The first-order valence-corrected chi connectivity index (χ1v) is 11.3. The largest absolute Gasteiger partial charge is 0.346 e. The molecule has 1 amide bonds. The highest BCUT2D eigenvalue weighted by Gasteiger charge is 2.32. The first-order valence-electron chi connectivity index (χ1n) is 11.3. The molecular formula is C26H26N6O. The van der Waals surface area contributed by atoms with E-state index in [1.54, 1.807) is 12.3 Å². The normalized spacial score (nSPS) is 18.0. The molecule has 1 N–H and O–H groups in total. The van der Waals surface area contributed by atoms with Gasteiger partial charge >= 0.3 is 0 Å². The Bertz CT molecular complexity index is 1320. The van der Waals surface area contributed by atoms with Gasteiger partial charge in [0.05, 0.1) is 34.6 Å². The van der Waals surface area contributed by atoms with Gasteiger partial charge in [-0.05, 0) is 61.6 Å². The number of fused-ring (bicyclic) bond motifs is 1. The number of amides is 1. The fraction of sp³-hybridized carbons (Fsp3) is 0.308. The minimum atomic E-state index is 0.191. The average Bonchev–Trinajstić information content (AvgIpc) is 3.58. The van der Waals surface area contributed by atoms with Crippen LogP contribution in [0.1, 0.15) is 30.9 Å². The lowest BCUT2D eigenvalue weighted by Gasteiger charge is -2.21. The number of hydrogen-bond acceptors (Lipinski definition) is 4. The van der Waals surface area contributed by atoms with Crippen molar-refractivity contribution < 1.29 is 4.79 Å². The lowest BCUT2D eigenvalue weighted by atomic mass is 10.1. The van der Waals surface area contributed by atoms with Crippen molar-refractivity contribution in [1.29, 1.82) is 5.26 Å². The van der Waals surface area contributed by atoms with Crippen LogP contribution < -0.4 is 0 Å². The minimum Gasteiger partial charge on any atom is -0.346 e. The molecule has 7 heteroatoms. The highest BCUT2D eigenvalue weighted by molar-refractivity contribution is 5.79. The molecule has 1 aliphatic heterocycles. The van der Waals surface area contributed by atoms with Crippen molar-refractivity contribution in [3.05, 3.63) is 72.2 Å². The van der Waals surface area contributed by atoms with Gasteiger partial charge in [-0.25, -0.2) is 4.98 Å². The van der Waals surface area contributed by atoms with Gasteiger partial charge in [-0.15, -0.1) is 0 Å². The summed E-state index contributed by atoms with van der Waals surface area (Å²) in [7, 11) is 0. The number of benzene rings is 1. The zero-order valence-electron chi connectivity index (χ0n) is 18.6. The number of hydrogen-bond donors (Lipinski definition) is 1. The Morgan fingerprint density at radius 2 is 2.18 bits per heavy atom. The molecule has 33 heavy (non-hydrogen) atoms. The summed E-state index contributed by atoms with van der Waals surface area (Å²) in [6.07, 6.45) is 7.84. The number of carbonyl (C=O) groups is 1. The molecule has 1 fully saturated rings. The number of rotatable bonds is 6. The van der Waals surface area contributed by atoms with Crippen molar-refractivity contribution in [2.24, 2.45) is 5.92 Å². The summed E-state index contributed by atoms with van der Waals surface area (Å²) < 4.78 is 2.25. The summed E-state index contributed by atoms with van der Waals surface area (Å²) >= 11 is 0. The SMILES string of the molecule is C[C@@H]1C[C@@H](Cn2ccc3nc(-c4cn[nH]c4)ccc32)CN1C(=O)CCc1cccc(C#N)c1. The van der Waals surface area contributed by atoms with Crippen molar-refractivity contribution in [2.45, 2.75) is 38.8 Å². The topological polar surface area (TPSA) is 90.6 Å². The molecule has 0 saturated carbocycles. The molecule has 0 aliphatic carbocycles. The third-order valence-corrected chi connectivity index (χ3v) is 6.54. The van der Waals surface area contributed by atoms with Gasteiger partial charge in [-0.1, -0.05) is 12.1 Å². The van der Waals surface area contributed by atoms with E-state index < -0.39 is 0 Å². The molecular weight excluding hydrogens is 412 g/mol. The number of aryl methyl sites for hydroxylation is 1. The lowest BCUT2D eigenvalue weighted by Crippen LogP contribution is -2.34. The second-order valence-corrected chi connectivity index (χ2v) is 8.86. The predicted molar refractivity (Wildman–Crippen MR) is 126 cm³/mol. The number of nitriles is 1. The predicted octanol–water partition coefficient (Wildman–Crippen LogP) is 4.17. The number of carbonyl (C=O) groups excluding carboxylic acids is 1. The van der Waals surface area contributed by atoms with E-state index >= 15 is 0 Å². The molecule has 0 bridgehead atoms. The van der Waals surface area contributed by atoms with Crippen LogP contribution in [0.15, 0.2) is 61.1 Å². The van der Waals surface area contributed by atoms with E-state index in [0.717, 1.165) is 47.4 Å². The van der Waals surface area contributed by atoms with Gasteiger partial charge in [-0.2, -0.15) is 10.4 Å².